The maximum absolute atomic E-state index is 12.2. The Morgan fingerprint density at radius 3 is 2.70 bits per heavy atom. The number of carbonyl (C=O) groups is 1. The molecular weight excluding hydrogens is 282 g/mol. The minimum Gasteiger partial charge on any atom is -0.380 e. The lowest BCUT2D eigenvalue weighted by Gasteiger charge is -2.20. The highest BCUT2D eigenvalue weighted by atomic mass is 32.2. The van der Waals surface area contributed by atoms with Crippen molar-refractivity contribution >= 4 is 21.7 Å². The van der Waals surface area contributed by atoms with Gasteiger partial charge in [0, 0.05) is 5.92 Å². The molecule has 0 radical (unpaired) electrons. The van der Waals surface area contributed by atoms with E-state index in [1.54, 1.807) is 0 Å². The number of nitrogens with one attached hydrogen (secondary N) is 1. The molecule has 7 nitrogen and oxygen atoms in total. The van der Waals surface area contributed by atoms with E-state index in [2.05, 4.69) is 9.88 Å². The summed E-state index contributed by atoms with van der Waals surface area (Å²) in [5.41, 5.74) is 5.48. The van der Waals surface area contributed by atoms with Crippen LogP contribution in [0.1, 0.15) is 31.4 Å². The zero-order valence-corrected chi connectivity index (χ0v) is 11.9. The lowest BCUT2D eigenvalue weighted by atomic mass is 9.89. The fourth-order valence-corrected chi connectivity index (χ4v) is 4.33. The van der Waals surface area contributed by atoms with E-state index in [9.17, 15) is 13.2 Å². The number of amides is 1. The molecule has 1 aromatic rings. The molecule has 2 aliphatic carbocycles. The first-order valence-corrected chi connectivity index (χ1v) is 8.15. The Kier molecular flexibility index (Phi) is 3.00. The summed E-state index contributed by atoms with van der Waals surface area (Å²) in [6.07, 6.45) is 3.72. The van der Waals surface area contributed by atoms with E-state index < -0.39 is 15.9 Å². The Morgan fingerprint density at radius 1 is 1.35 bits per heavy atom. The van der Waals surface area contributed by atoms with Gasteiger partial charge in [-0.05, 0) is 44.4 Å². The van der Waals surface area contributed by atoms with Crippen LogP contribution in [-0.2, 0) is 14.8 Å². The highest BCUT2D eigenvalue weighted by Gasteiger charge is 2.44. The SMILES string of the molecule is Cc1onc(N)c1S(=O)(=O)NC(=O)C1CCC2CC2C1. The first-order valence-electron chi connectivity index (χ1n) is 6.67. The second kappa shape index (κ2) is 4.47. The van der Waals surface area contributed by atoms with Crippen LogP contribution < -0.4 is 10.5 Å². The predicted octanol–water partition coefficient (Wildman–Crippen LogP) is 0.806. The van der Waals surface area contributed by atoms with Gasteiger partial charge in [-0.15, -0.1) is 0 Å². The molecule has 1 heterocycles. The summed E-state index contributed by atoms with van der Waals surface area (Å²) in [6, 6.07) is 0. The van der Waals surface area contributed by atoms with Crippen molar-refractivity contribution in [1.82, 2.24) is 9.88 Å². The van der Waals surface area contributed by atoms with Gasteiger partial charge in [-0.2, -0.15) is 0 Å². The smallest absolute Gasteiger partial charge is 0.271 e. The molecule has 110 valence electrons. The number of nitrogen functional groups attached to an aromatic ring is 1. The Hall–Kier alpha value is -1.57. The van der Waals surface area contributed by atoms with Gasteiger partial charge >= 0.3 is 0 Å². The zero-order valence-electron chi connectivity index (χ0n) is 11.1. The van der Waals surface area contributed by atoms with E-state index in [1.165, 1.54) is 13.3 Å². The third kappa shape index (κ3) is 2.28. The molecular formula is C12H17N3O4S. The van der Waals surface area contributed by atoms with Crippen molar-refractivity contribution in [2.24, 2.45) is 17.8 Å². The Morgan fingerprint density at radius 2 is 2.10 bits per heavy atom. The first-order chi connectivity index (χ1) is 9.38. The zero-order chi connectivity index (χ0) is 14.5. The van der Waals surface area contributed by atoms with Crippen molar-refractivity contribution < 1.29 is 17.7 Å². The average Bonchev–Trinajstić information content (AvgIpc) is 3.06. The summed E-state index contributed by atoms with van der Waals surface area (Å²) < 4.78 is 31.2. The number of aryl methyl sites for hydroxylation is 1. The van der Waals surface area contributed by atoms with E-state index in [1.807, 2.05) is 0 Å². The normalized spacial score (nSPS) is 28.8. The maximum atomic E-state index is 12.2. The number of carbonyl (C=O) groups excluding carboxylic acids is 1. The number of anilines is 1. The molecule has 2 fully saturated rings. The lowest BCUT2D eigenvalue weighted by Crippen LogP contribution is -2.37. The summed E-state index contributed by atoms with van der Waals surface area (Å²) in [5, 5.41) is 3.39. The molecule has 0 aliphatic heterocycles. The summed E-state index contributed by atoms with van der Waals surface area (Å²) >= 11 is 0. The molecule has 20 heavy (non-hydrogen) atoms. The van der Waals surface area contributed by atoms with Crippen LogP contribution in [0, 0.1) is 24.7 Å². The third-order valence-electron chi connectivity index (χ3n) is 4.25. The molecule has 2 aliphatic rings. The topological polar surface area (TPSA) is 115 Å². The molecule has 1 amide bonds. The number of hydrogen-bond acceptors (Lipinski definition) is 6. The van der Waals surface area contributed by atoms with Crippen LogP contribution in [0.2, 0.25) is 0 Å². The number of nitrogens with zero attached hydrogens (tertiary/aromatic N) is 1. The quantitative estimate of drug-likeness (QED) is 0.853. The summed E-state index contributed by atoms with van der Waals surface area (Å²) in [5.74, 6) is 0.531. The van der Waals surface area contributed by atoms with Crippen LogP contribution >= 0.6 is 0 Å². The van der Waals surface area contributed by atoms with E-state index in [-0.39, 0.29) is 22.4 Å². The fraction of sp³-hybridized carbons (Fsp3) is 0.667. The van der Waals surface area contributed by atoms with Gasteiger partial charge in [-0.1, -0.05) is 5.16 Å². The molecule has 3 unspecified atom stereocenters. The van der Waals surface area contributed by atoms with E-state index in [0.29, 0.717) is 5.92 Å². The maximum Gasteiger partial charge on any atom is 0.271 e. The fourth-order valence-electron chi connectivity index (χ4n) is 3.06. The molecule has 3 rings (SSSR count). The number of fused-ring (bicyclic) bond motifs is 1. The van der Waals surface area contributed by atoms with Crippen molar-refractivity contribution in [2.45, 2.75) is 37.5 Å². The van der Waals surface area contributed by atoms with Crippen LogP contribution in [0.3, 0.4) is 0 Å². The van der Waals surface area contributed by atoms with Gasteiger partial charge in [0.15, 0.2) is 16.5 Å². The standard InChI is InChI=1S/C12H17N3O4S/c1-6-10(11(13)14-19-6)20(17,18)15-12(16)8-3-2-7-4-9(7)5-8/h7-9H,2-5H2,1H3,(H2,13,14)(H,15,16). The summed E-state index contributed by atoms with van der Waals surface area (Å²) in [6.45, 7) is 1.44. The Labute approximate surface area is 116 Å². The minimum atomic E-state index is -4.01. The predicted molar refractivity (Wildman–Crippen MR) is 69.9 cm³/mol. The third-order valence-corrected chi connectivity index (χ3v) is 5.75. The second-order valence-electron chi connectivity index (χ2n) is 5.69. The minimum absolute atomic E-state index is 0.0775. The molecule has 2 saturated carbocycles. The van der Waals surface area contributed by atoms with Crippen molar-refractivity contribution in [3.8, 4) is 0 Å². The first kappa shape index (κ1) is 13.4. The molecule has 3 N–H and O–H groups in total. The molecule has 1 aromatic heterocycles. The highest BCUT2D eigenvalue weighted by molar-refractivity contribution is 7.90. The Balaban J connectivity index is 1.74. The van der Waals surface area contributed by atoms with Crippen LogP contribution in [0.5, 0.6) is 0 Å². The molecule has 0 spiro atoms. The number of nitrogens with two attached hydrogens (primary N) is 1. The van der Waals surface area contributed by atoms with E-state index >= 15 is 0 Å². The van der Waals surface area contributed by atoms with E-state index in [4.69, 9.17) is 10.3 Å². The van der Waals surface area contributed by atoms with Gasteiger partial charge in [0.25, 0.3) is 10.0 Å². The van der Waals surface area contributed by atoms with Gasteiger partial charge in [0.2, 0.25) is 5.91 Å². The van der Waals surface area contributed by atoms with Gasteiger partial charge in [0.05, 0.1) is 0 Å². The number of aromatic nitrogens is 1. The van der Waals surface area contributed by atoms with E-state index in [0.717, 1.165) is 25.2 Å². The molecule has 3 atom stereocenters. The highest BCUT2D eigenvalue weighted by Crippen LogP contribution is 2.51. The second-order valence-corrected chi connectivity index (χ2v) is 7.31. The molecule has 8 heteroatoms. The van der Waals surface area contributed by atoms with Crippen LogP contribution in [0.15, 0.2) is 9.42 Å². The molecule has 0 saturated heterocycles. The van der Waals surface area contributed by atoms with Crippen molar-refractivity contribution in [2.75, 3.05) is 5.73 Å². The average molecular weight is 299 g/mol. The van der Waals surface area contributed by atoms with Crippen molar-refractivity contribution in [3.63, 3.8) is 0 Å². The molecule has 0 aromatic carbocycles. The largest absolute Gasteiger partial charge is 0.380 e. The summed E-state index contributed by atoms with van der Waals surface area (Å²) in [7, 11) is -4.01. The van der Waals surface area contributed by atoms with Gasteiger partial charge in [-0.3, -0.25) is 4.79 Å². The molecule has 0 bridgehead atoms. The monoisotopic (exact) mass is 299 g/mol. The number of rotatable bonds is 3. The van der Waals surface area contributed by atoms with Gasteiger partial charge in [0.1, 0.15) is 0 Å². The van der Waals surface area contributed by atoms with Gasteiger partial charge in [-0.25, -0.2) is 13.1 Å². The number of hydrogen-bond donors (Lipinski definition) is 2. The Bertz CT molecular complexity index is 632. The van der Waals surface area contributed by atoms with Crippen LogP contribution in [0.4, 0.5) is 5.82 Å². The van der Waals surface area contributed by atoms with Crippen LogP contribution in [-0.4, -0.2) is 19.5 Å². The lowest BCUT2D eigenvalue weighted by molar-refractivity contribution is -0.124. The van der Waals surface area contributed by atoms with Crippen molar-refractivity contribution in [3.05, 3.63) is 5.76 Å². The van der Waals surface area contributed by atoms with Crippen LogP contribution in [0.25, 0.3) is 0 Å². The van der Waals surface area contributed by atoms with Gasteiger partial charge < -0.3 is 10.3 Å². The van der Waals surface area contributed by atoms with Crippen molar-refractivity contribution in [1.29, 1.82) is 0 Å². The number of sulfonamides is 1. The summed E-state index contributed by atoms with van der Waals surface area (Å²) in [4.78, 5) is 11.9.